The highest BCUT2D eigenvalue weighted by Crippen LogP contribution is 2.30. The number of amides is 1. The number of alkyl halides is 3. The molecule has 0 atom stereocenters. The van der Waals surface area contributed by atoms with Gasteiger partial charge in [0.2, 0.25) is 5.95 Å². The van der Waals surface area contributed by atoms with Crippen LogP contribution < -0.4 is 20.1 Å². The maximum Gasteiger partial charge on any atom is 0.573 e. The Morgan fingerprint density at radius 2 is 1.84 bits per heavy atom. The molecule has 1 aliphatic rings. The van der Waals surface area contributed by atoms with Crippen LogP contribution in [0.2, 0.25) is 0 Å². The Morgan fingerprint density at radius 3 is 2.47 bits per heavy atom. The van der Waals surface area contributed by atoms with Gasteiger partial charge >= 0.3 is 18.1 Å². The summed E-state index contributed by atoms with van der Waals surface area (Å²) in [6, 6.07) is 5.52. The summed E-state index contributed by atoms with van der Waals surface area (Å²) in [5.74, 6) is -0.606. The number of hydrogen-bond acceptors (Lipinski definition) is 9. The van der Waals surface area contributed by atoms with E-state index in [1.54, 1.807) is 26.8 Å². The van der Waals surface area contributed by atoms with E-state index < -0.39 is 28.7 Å². The zero-order valence-corrected chi connectivity index (χ0v) is 21.2. The molecule has 1 aromatic carbocycles. The standard InChI is InChI=1S/C24H30F3N5O6/c1-23(2,3)38-22(33)30-17-10-8-15(9-11-17)14-36-20-18(32(34)35)13-29-21(31-20)28-12-16-6-4-5-7-19(16)37-24(25,26)27/h4-7,13,15,17H,8-12,14H2,1-3H3,(H,30,33)(H,28,29,31)/t15-,17-. The zero-order valence-electron chi connectivity index (χ0n) is 21.2. The fourth-order valence-corrected chi connectivity index (χ4v) is 3.87. The van der Waals surface area contributed by atoms with Gasteiger partial charge < -0.3 is 24.8 Å². The molecule has 0 radical (unpaired) electrons. The van der Waals surface area contributed by atoms with Gasteiger partial charge in [-0.05, 0) is 58.4 Å². The van der Waals surface area contributed by atoms with Crippen LogP contribution in [0.5, 0.6) is 11.6 Å². The van der Waals surface area contributed by atoms with Gasteiger partial charge in [-0.3, -0.25) is 10.1 Å². The smallest absolute Gasteiger partial charge is 0.472 e. The van der Waals surface area contributed by atoms with Crippen LogP contribution in [0.4, 0.5) is 29.6 Å². The van der Waals surface area contributed by atoms with Gasteiger partial charge in [-0.2, -0.15) is 4.98 Å². The molecule has 38 heavy (non-hydrogen) atoms. The number of alkyl carbamates (subject to hydrolysis) is 1. The van der Waals surface area contributed by atoms with E-state index in [0.29, 0.717) is 12.8 Å². The lowest BCUT2D eigenvalue weighted by Crippen LogP contribution is -2.41. The Balaban J connectivity index is 1.57. The van der Waals surface area contributed by atoms with Gasteiger partial charge in [0.15, 0.2) is 0 Å². The molecule has 1 fully saturated rings. The summed E-state index contributed by atoms with van der Waals surface area (Å²) in [5, 5.41) is 17.0. The van der Waals surface area contributed by atoms with Crippen molar-refractivity contribution >= 4 is 17.7 Å². The average molecular weight is 542 g/mol. The predicted molar refractivity (Wildman–Crippen MR) is 130 cm³/mol. The van der Waals surface area contributed by atoms with Gasteiger partial charge in [-0.15, -0.1) is 13.2 Å². The van der Waals surface area contributed by atoms with Gasteiger partial charge in [0, 0.05) is 18.2 Å². The second-order valence-corrected chi connectivity index (χ2v) is 9.83. The second kappa shape index (κ2) is 12.1. The molecule has 208 valence electrons. The molecule has 0 spiro atoms. The molecule has 11 nitrogen and oxygen atoms in total. The van der Waals surface area contributed by atoms with Crippen LogP contribution in [0.3, 0.4) is 0 Å². The number of carbonyl (C=O) groups excluding carboxylic acids is 1. The van der Waals surface area contributed by atoms with Crippen LogP contribution in [0.25, 0.3) is 0 Å². The topological polar surface area (TPSA) is 138 Å². The molecule has 3 rings (SSSR count). The van der Waals surface area contributed by atoms with Crippen molar-refractivity contribution in [3.05, 3.63) is 46.1 Å². The molecule has 2 aromatic rings. The molecule has 0 unspecified atom stereocenters. The molecular weight excluding hydrogens is 511 g/mol. The first-order valence-corrected chi connectivity index (χ1v) is 12.0. The third-order valence-electron chi connectivity index (χ3n) is 5.59. The number of nitrogens with zero attached hydrogens (tertiary/aromatic N) is 3. The van der Waals surface area contributed by atoms with Gasteiger partial charge in [-0.1, -0.05) is 18.2 Å². The first-order valence-electron chi connectivity index (χ1n) is 12.0. The van der Waals surface area contributed by atoms with Crippen LogP contribution in [0.1, 0.15) is 52.0 Å². The molecule has 1 heterocycles. The molecule has 0 saturated heterocycles. The number of anilines is 1. The highest BCUT2D eigenvalue weighted by molar-refractivity contribution is 5.68. The van der Waals surface area contributed by atoms with Gasteiger partial charge in [-0.25, -0.2) is 9.78 Å². The fraction of sp³-hybridized carbons (Fsp3) is 0.542. The molecule has 1 aliphatic carbocycles. The maximum absolute atomic E-state index is 12.7. The minimum atomic E-state index is -4.86. The largest absolute Gasteiger partial charge is 0.573 e. The number of ether oxygens (including phenoxy) is 3. The van der Waals surface area contributed by atoms with Gasteiger partial charge in [0.05, 0.1) is 11.5 Å². The molecule has 0 bridgehead atoms. The minimum absolute atomic E-state index is 0.0329. The highest BCUT2D eigenvalue weighted by atomic mass is 19.4. The molecule has 1 amide bonds. The summed E-state index contributed by atoms with van der Waals surface area (Å²) in [6.07, 6.45) is -1.50. The van der Waals surface area contributed by atoms with Crippen molar-refractivity contribution in [3.8, 4) is 11.6 Å². The first kappa shape index (κ1) is 28.7. The zero-order chi connectivity index (χ0) is 27.9. The van der Waals surface area contributed by atoms with E-state index in [1.807, 2.05) is 0 Å². The first-order chi connectivity index (χ1) is 17.8. The minimum Gasteiger partial charge on any atom is -0.472 e. The molecule has 2 N–H and O–H groups in total. The summed E-state index contributed by atoms with van der Waals surface area (Å²) in [5.41, 5.74) is -0.836. The number of benzene rings is 1. The van der Waals surface area contributed by atoms with Crippen molar-refractivity contribution in [3.63, 3.8) is 0 Å². The SMILES string of the molecule is CC(C)(C)OC(=O)N[C@H]1CC[C@H](COc2nc(NCc3ccccc3OC(F)(F)F)ncc2[N+](=O)[O-])CC1. The van der Waals surface area contributed by atoms with E-state index in [2.05, 4.69) is 25.3 Å². The van der Waals surface area contributed by atoms with Crippen molar-refractivity contribution in [2.45, 2.75) is 71.0 Å². The average Bonchev–Trinajstić information content (AvgIpc) is 2.81. The normalized spacial score (nSPS) is 17.8. The van der Waals surface area contributed by atoms with Crippen molar-refractivity contribution in [2.75, 3.05) is 11.9 Å². The molecule has 1 saturated carbocycles. The molecular formula is C24H30F3N5O6. The fourth-order valence-electron chi connectivity index (χ4n) is 3.87. The van der Waals surface area contributed by atoms with Gasteiger partial charge in [0.1, 0.15) is 17.5 Å². The van der Waals surface area contributed by atoms with Crippen molar-refractivity contribution < 1.29 is 37.1 Å². The van der Waals surface area contributed by atoms with Crippen molar-refractivity contribution in [2.24, 2.45) is 5.92 Å². The number of carbonyl (C=O) groups is 1. The van der Waals surface area contributed by atoms with E-state index in [1.165, 1.54) is 18.2 Å². The number of nitrogens with one attached hydrogen (secondary N) is 2. The number of rotatable bonds is 9. The Kier molecular flexibility index (Phi) is 9.17. The molecule has 0 aliphatic heterocycles. The number of aromatic nitrogens is 2. The monoisotopic (exact) mass is 541 g/mol. The summed E-state index contributed by atoms with van der Waals surface area (Å²) in [6.45, 7) is 5.40. The van der Waals surface area contributed by atoms with Gasteiger partial charge in [0.25, 0.3) is 5.88 Å². The van der Waals surface area contributed by atoms with Crippen LogP contribution in [-0.4, -0.2) is 45.6 Å². The third-order valence-corrected chi connectivity index (χ3v) is 5.59. The summed E-state index contributed by atoms with van der Waals surface area (Å²) >= 11 is 0. The number of hydrogen-bond donors (Lipinski definition) is 2. The van der Waals surface area contributed by atoms with Crippen LogP contribution in [0.15, 0.2) is 30.5 Å². The third kappa shape index (κ3) is 9.23. The van der Waals surface area contributed by atoms with Crippen LogP contribution >= 0.6 is 0 Å². The second-order valence-electron chi connectivity index (χ2n) is 9.83. The summed E-state index contributed by atoms with van der Waals surface area (Å²) in [7, 11) is 0. The van der Waals surface area contributed by atoms with E-state index >= 15 is 0 Å². The number of nitro groups is 1. The Labute approximate surface area is 217 Å². The van der Waals surface area contributed by atoms with Crippen LogP contribution in [-0.2, 0) is 11.3 Å². The lowest BCUT2D eigenvalue weighted by Gasteiger charge is -2.29. The highest BCUT2D eigenvalue weighted by Gasteiger charge is 2.32. The Hall–Kier alpha value is -3.84. The quantitative estimate of drug-likeness (QED) is 0.317. The van der Waals surface area contributed by atoms with E-state index in [0.717, 1.165) is 19.0 Å². The Bertz CT molecular complexity index is 1120. The Morgan fingerprint density at radius 1 is 1.16 bits per heavy atom. The lowest BCUT2D eigenvalue weighted by molar-refractivity contribution is -0.386. The predicted octanol–water partition coefficient (Wildman–Crippen LogP) is 5.36. The van der Waals surface area contributed by atoms with Crippen LogP contribution in [0, 0.1) is 16.0 Å². The molecule has 1 aromatic heterocycles. The maximum atomic E-state index is 12.7. The van der Waals surface area contributed by atoms with E-state index in [9.17, 15) is 28.1 Å². The number of halogens is 3. The number of para-hydroxylation sites is 1. The van der Waals surface area contributed by atoms with Crippen molar-refractivity contribution in [1.29, 1.82) is 0 Å². The van der Waals surface area contributed by atoms with Crippen molar-refractivity contribution in [1.82, 2.24) is 15.3 Å². The van der Waals surface area contributed by atoms with E-state index in [4.69, 9.17) is 9.47 Å². The summed E-state index contributed by atoms with van der Waals surface area (Å²) < 4.78 is 53.0. The van der Waals surface area contributed by atoms with E-state index in [-0.39, 0.29) is 48.3 Å². The molecule has 14 heteroatoms. The summed E-state index contributed by atoms with van der Waals surface area (Å²) in [4.78, 5) is 30.7. The lowest BCUT2D eigenvalue weighted by atomic mass is 9.86.